The second kappa shape index (κ2) is 11.1. The summed E-state index contributed by atoms with van der Waals surface area (Å²) in [5, 5.41) is 32.4. The van der Waals surface area contributed by atoms with Gasteiger partial charge in [-0.2, -0.15) is 5.26 Å². The summed E-state index contributed by atoms with van der Waals surface area (Å²) < 4.78 is 0.853. The molecule has 3 rings (SSSR count). The monoisotopic (exact) mass is 444 g/mol. The lowest BCUT2D eigenvalue weighted by molar-refractivity contribution is 0.111. The molecule has 1 aliphatic carbocycles. The number of aromatic nitrogens is 1. The predicted octanol–water partition coefficient (Wildman–Crippen LogP) is 4.97. The van der Waals surface area contributed by atoms with E-state index in [2.05, 4.69) is 18.0 Å². The molecule has 30 heavy (non-hydrogen) atoms. The molecule has 0 aliphatic heterocycles. The Labute approximate surface area is 186 Å². The van der Waals surface area contributed by atoms with E-state index in [0.29, 0.717) is 12.1 Å². The summed E-state index contributed by atoms with van der Waals surface area (Å²) in [7, 11) is 0. The molecule has 1 heterocycles. The second-order valence-corrected chi connectivity index (χ2v) is 10.0. The summed E-state index contributed by atoms with van der Waals surface area (Å²) >= 11 is 3.05. The first-order valence-electron chi connectivity index (χ1n) is 10.5. The molecule has 1 aromatic heterocycles. The molecule has 0 bridgehead atoms. The van der Waals surface area contributed by atoms with Crippen molar-refractivity contribution in [3.05, 3.63) is 46.5 Å². The van der Waals surface area contributed by atoms with Crippen LogP contribution in [0.3, 0.4) is 0 Å². The maximum atomic E-state index is 10.8. The van der Waals surface area contributed by atoms with Gasteiger partial charge in [0, 0.05) is 17.1 Å². The van der Waals surface area contributed by atoms with E-state index in [4.69, 9.17) is 0 Å². The average molecular weight is 445 g/mol. The predicted molar refractivity (Wildman–Crippen MR) is 120 cm³/mol. The molecule has 1 aromatic carbocycles. The van der Waals surface area contributed by atoms with Crippen molar-refractivity contribution >= 4 is 29.4 Å². The average Bonchev–Trinajstić information content (AvgIpc) is 3.36. The van der Waals surface area contributed by atoms with Crippen molar-refractivity contribution in [2.45, 2.75) is 61.5 Å². The number of nitriles is 1. The van der Waals surface area contributed by atoms with Crippen LogP contribution in [0.2, 0.25) is 0 Å². The standard InChI is InChI=1S/C23H28N2O3S2/c1-2-3-4-20(27)15-5-7-16(8-6-15)22-19(17(12-24)11-21(22)28)9-10-29-23-25-18(13-26)14-30-23/h5-8,13-14,17,19-22,27-28H,2-4,9-11H2,1H3/t17-,19?,20?,21+,22?/m0/s1. The number of benzene rings is 1. The van der Waals surface area contributed by atoms with E-state index < -0.39 is 12.2 Å². The molecule has 5 nitrogen and oxygen atoms in total. The zero-order valence-electron chi connectivity index (χ0n) is 17.1. The van der Waals surface area contributed by atoms with Gasteiger partial charge < -0.3 is 10.2 Å². The summed E-state index contributed by atoms with van der Waals surface area (Å²) in [5.41, 5.74) is 2.38. The Hall–Kier alpha value is -1.72. The number of hydrogen-bond donors (Lipinski definition) is 2. The number of rotatable bonds is 10. The SMILES string of the molecule is CCCCC(O)c1ccc(C2C(CCSc3nc(C=O)cs3)[C@H](C#N)C[C@H]2O)cc1. The molecule has 0 radical (unpaired) electrons. The highest BCUT2D eigenvalue weighted by Crippen LogP contribution is 2.46. The van der Waals surface area contributed by atoms with Crippen LogP contribution in [0.4, 0.5) is 0 Å². The minimum Gasteiger partial charge on any atom is -0.392 e. The molecule has 1 aliphatic rings. The molecule has 5 atom stereocenters. The molecule has 2 aromatic rings. The first kappa shape index (κ1) is 23.0. The van der Waals surface area contributed by atoms with Crippen LogP contribution in [0.15, 0.2) is 34.0 Å². The van der Waals surface area contributed by atoms with Crippen LogP contribution in [-0.4, -0.2) is 33.3 Å². The molecule has 160 valence electrons. The molecule has 2 N–H and O–H groups in total. The number of aliphatic hydroxyl groups is 2. The maximum Gasteiger partial charge on any atom is 0.169 e. The van der Waals surface area contributed by atoms with Crippen molar-refractivity contribution in [1.29, 1.82) is 5.26 Å². The molecule has 1 fully saturated rings. The molecule has 0 spiro atoms. The van der Waals surface area contributed by atoms with Crippen molar-refractivity contribution in [3.63, 3.8) is 0 Å². The van der Waals surface area contributed by atoms with Gasteiger partial charge in [0.2, 0.25) is 0 Å². The van der Waals surface area contributed by atoms with Crippen molar-refractivity contribution in [2.24, 2.45) is 11.8 Å². The van der Waals surface area contributed by atoms with E-state index in [1.807, 2.05) is 24.3 Å². The number of aldehydes is 1. The minimum atomic E-state index is -0.540. The van der Waals surface area contributed by atoms with Gasteiger partial charge in [0.25, 0.3) is 0 Å². The van der Waals surface area contributed by atoms with Crippen LogP contribution in [0.1, 0.15) is 72.7 Å². The topological polar surface area (TPSA) is 94.2 Å². The third-order valence-electron chi connectivity index (χ3n) is 5.89. The third kappa shape index (κ3) is 5.50. The van der Waals surface area contributed by atoms with Crippen molar-refractivity contribution in [2.75, 3.05) is 5.75 Å². The summed E-state index contributed by atoms with van der Waals surface area (Å²) in [6.07, 6.45) is 3.82. The fraction of sp³-hybridized carbons (Fsp3) is 0.522. The lowest BCUT2D eigenvalue weighted by Gasteiger charge is -2.24. The van der Waals surface area contributed by atoms with Crippen molar-refractivity contribution in [1.82, 2.24) is 4.98 Å². The van der Waals surface area contributed by atoms with Gasteiger partial charge in [-0.05, 0) is 36.3 Å². The molecule has 3 unspecified atom stereocenters. The van der Waals surface area contributed by atoms with E-state index in [9.17, 15) is 20.3 Å². The Bertz CT molecular complexity index is 862. The second-order valence-electron chi connectivity index (χ2n) is 7.85. The van der Waals surface area contributed by atoms with Crippen LogP contribution in [0.25, 0.3) is 0 Å². The fourth-order valence-electron chi connectivity index (χ4n) is 4.29. The van der Waals surface area contributed by atoms with Gasteiger partial charge in [-0.15, -0.1) is 11.3 Å². The lowest BCUT2D eigenvalue weighted by Crippen LogP contribution is -2.19. The largest absolute Gasteiger partial charge is 0.392 e. The van der Waals surface area contributed by atoms with Gasteiger partial charge in [0.05, 0.1) is 24.2 Å². The van der Waals surface area contributed by atoms with Gasteiger partial charge in [-0.1, -0.05) is 55.8 Å². The zero-order valence-corrected chi connectivity index (χ0v) is 18.7. The number of aliphatic hydroxyl groups excluding tert-OH is 2. The first-order chi connectivity index (χ1) is 14.6. The highest BCUT2D eigenvalue weighted by Gasteiger charge is 2.43. The van der Waals surface area contributed by atoms with Gasteiger partial charge in [-0.3, -0.25) is 4.79 Å². The van der Waals surface area contributed by atoms with Gasteiger partial charge in [-0.25, -0.2) is 4.98 Å². The van der Waals surface area contributed by atoms with E-state index in [0.717, 1.165) is 53.2 Å². The molecule has 7 heteroatoms. The van der Waals surface area contributed by atoms with Gasteiger partial charge in [0.15, 0.2) is 10.6 Å². The summed E-state index contributed by atoms with van der Waals surface area (Å²) in [5.74, 6) is 0.589. The van der Waals surface area contributed by atoms with Crippen LogP contribution in [-0.2, 0) is 0 Å². The van der Waals surface area contributed by atoms with E-state index in [1.165, 1.54) is 11.3 Å². The van der Waals surface area contributed by atoms with Crippen LogP contribution in [0, 0.1) is 23.2 Å². The van der Waals surface area contributed by atoms with E-state index in [-0.39, 0.29) is 17.8 Å². The molecular weight excluding hydrogens is 416 g/mol. The van der Waals surface area contributed by atoms with Crippen molar-refractivity contribution < 1.29 is 15.0 Å². The number of unbranched alkanes of at least 4 members (excludes halogenated alkanes) is 1. The van der Waals surface area contributed by atoms with Crippen molar-refractivity contribution in [3.8, 4) is 6.07 Å². The van der Waals surface area contributed by atoms with E-state index in [1.54, 1.807) is 17.1 Å². The van der Waals surface area contributed by atoms with Crippen LogP contribution in [0.5, 0.6) is 0 Å². The minimum absolute atomic E-state index is 0.0684. The quantitative estimate of drug-likeness (QED) is 0.397. The van der Waals surface area contributed by atoms with Crippen LogP contribution >= 0.6 is 23.1 Å². The molecule has 1 saturated carbocycles. The normalized spacial score (nSPS) is 24.5. The molecule has 0 saturated heterocycles. The maximum absolute atomic E-state index is 10.8. The zero-order chi connectivity index (χ0) is 21.5. The Morgan fingerprint density at radius 1 is 1.40 bits per heavy atom. The third-order valence-corrected chi connectivity index (χ3v) is 7.96. The number of nitrogens with zero attached hydrogens (tertiary/aromatic N) is 2. The van der Waals surface area contributed by atoms with E-state index >= 15 is 0 Å². The Morgan fingerprint density at radius 2 is 2.17 bits per heavy atom. The van der Waals surface area contributed by atoms with Crippen LogP contribution < -0.4 is 0 Å². The summed E-state index contributed by atoms with van der Waals surface area (Å²) in [6, 6.07) is 10.3. The summed E-state index contributed by atoms with van der Waals surface area (Å²) in [4.78, 5) is 15.0. The molecule has 0 amide bonds. The number of thiazole rings is 1. The van der Waals surface area contributed by atoms with Gasteiger partial charge >= 0.3 is 0 Å². The number of carbonyl (C=O) groups excluding carboxylic acids is 1. The smallest absolute Gasteiger partial charge is 0.169 e. The highest BCUT2D eigenvalue weighted by molar-refractivity contribution is 8.01. The van der Waals surface area contributed by atoms with Gasteiger partial charge in [0.1, 0.15) is 5.69 Å². The molecular formula is C23H28N2O3S2. The Morgan fingerprint density at radius 3 is 2.80 bits per heavy atom. The Balaban J connectivity index is 1.68. The number of hydrogen-bond acceptors (Lipinski definition) is 7. The lowest BCUT2D eigenvalue weighted by atomic mass is 9.82. The Kier molecular flexibility index (Phi) is 8.46. The number of carbonyl (C=O) groups is 1. The highest BCUT2D eigenvalue weighted by atomic mass is 32.2. The number of thioether (sulfide) groups is 1. The summed E-state index contributed by atoms with van der Waals surface area (Å²) in [6.45, 7) is 2.11. The fourth-order valence-corrected chi connectivity index (χ4v) is 6.18. The first-order valence-corrected chi connectivity index (χ1v) is 12.3.